The minimum atomic E-state index is -1.09. The van der Waals surface area contributed by atoms with Crippen LogP contribution in [0.1, 0.15) is 28.1 Å². The van der Waals surface area contributed by atoms with Crippen molar-refractivity contribution in [2.75, 3.05) is 13.1 Å². The Bertz CT molecular complexity index is 794. The third-order valence-electron chi connectivity index (χ3n) is 4.51. The zero-order chi connectivity index (χ0) is 17.4. The number of carbonyl (C=O) groups is 2. The van der Waals surface area contributed by atoms with E-state index in [0.29, 0.717) is 13.2 Å². The van der Waals surface area contributed by atoms with Gasteiger partial charge in [-0.1, -0.05) is 30.3 Å². The van der Waals surface area contributed by atoms with Gasteiger partial charge < -0.3 is 15.3 Å². The van der Waals surface area contributed by atoms with Gasteiger partial charge in [0.1, 0.15) is 12.6 Å². The van der Waals surface area contributed by atoms with Gasteiger partial charge in [0.2, 0.25) is 0 Å². The minimum Gasteiger partial charge on any atom is -0.465 e. The second kappa shape index (κ2) is 6.38. The predicted octanol–water partition coefficient (Wildman–Crippen LogP) is 2.98. The lowest BCUT2D eigenvalue weighted by Gasteiger charge is -2.30. The molecule has 1 aromatic heterocycles. The first kappa shape index (κ1) is 15.9. The highest BCUT2D eigenvalue weighted by molar-refractivity contribution is 7.10. The van der Waals surface area contributed by atoms with Gasteiger partial charge in [0.15, 0.2) is 0 Å². The molecule has 1 fully saturated rings. The van der Waals surface area contributed by atoms with E-state index in [1.165, 1.54) is 5.06 Å². The Morgan fingerprint density at radius 3 is 2.88 bits per heavy atom. The van der Waals surface area contributed by atoms with Crippen molar-refractivity contribution in [2.24, 2.45) is 0 Å². The Morgan fingerprint density at radius 2 is 2.12 bits per heavy atom. The van der Waals surface area contributed by atoms with Crippen LogP contribution in [0.25, 0.3) is 0 Å². The number of nitrogens with zero attached hydrogens (tertiary/aromatic N) is 2. The van der Waals surface area contributed by atoms with Gasteiger partial charge in [0.25, 0.3) is 0 Å². The van der Waals surface area contributed by atoms with Gasteiger partial charge in [-0.2, -0.15) is 5.06 Å². The van der Waals surface area contributed by atoms with Crippen molar-refractivity contribution in [3.63, 3.8) is 0 Å². The van der Waals surface area contributed by atoms with Gasteiger partial charge >= 0.3 is 12.1 Å². The number of urea groups is 1. The van der Waals surface area contributed by atoms with E-state index < -0.39 is 6.09 Å². The van der Waals surface area contributed by atoms with E-state index >= 15 is 0 Å². The van der Waals surface area contributed by atoms with Crippen LogP contribution in [0.4, 0.5) is 9.59 Å². The fraction of sp³-hybridized carbons (Fsp3) is 0.294. The Labute approximate surface area is 148 Å². The molecule has 0 radical (unpaired) electrons. The Morgan fingerprint density at radius 1 is 1.32 bits per heavy atom. The molecule has 1 aromatic carbocycles. The summed E-state index contributed by atoms with van der Waals surface area (Å²) in [6.45, 7) is 0.992. The normalized spacial score (nSPS) is 21.4. The molecule has 0 aliphatic carbocycles. The van der Waals surface area contributed by atoms with Crippen LogP contribution in [0.5, 0.6) is 0 Å². The molecule has 130 valence electrons. The fourth-order valence-corrected chi connectivity index (χ4v) is 4.42. The maximum Gasteiger partial charge on any atom is 0.404 e. The summed E-state index contributed by atoms with van der Waals surface area (Å²) >= 11 is 1.54. The van der Waals surface area contributed by atoms with Crippen molar-refractivity contribution in [1.82, 2.24) is 15.3 Å². The molecule has 0 saturated carbocycles. The number of carbonyl (C=O) groups excluding carboxylic acids is 1. The third kappa shape index (κ3) is 2.83. The van der Waals surface area contributed by atoms with Gasteiger partial charge in [-0.3, -0.25) is 4.84 Å². The molecule has 2 unspecified atom stereocenters. The molecule has 2 aliphatic heterocycles. The van der Waals surface area contributed by atoms with E-state index in [1.807, 2.05) is 41.8 Å². The molecule has 2 N–H and O–H groups in total. The molecule has 25 heavy (non-hydrogen) atoms. The average molecular weight is 359 g/mol. The average Bonchev–Trinajstić information content (AvgIpc) is 3.19. The number of fused-ring (bicyclic) bond motifs is 4. The molecule has 0 spiro atoms. The zero-order valence-corrected chi connectivity index (χ0v) is 14.1. The van der Waals surface area contributed by atoms with E-state index in [-0.39, 0.29) is 24.7 Å². The largest absolute Gasteiger partial charge is 0.465 e. The van der Waals surface area contributed by atoms with Crippen LogP contribution in [0, 0.1) is 0 Å². The number of thiophene rings is 1. The monoisotopic (exact) mass is 359 g/mol. The van der Waals surface area contributed by atoms with Crippen LogP contribution in [0.3, 0.4) is 0 Å². The van der Waals surface area contributed by atoms with Crippen LogP contribution in [0.2, 0.25) is 0 Å². The van der Waals surface area contributed by atoms with Crippen molar-refractivity contribution in [3.05, 3.63) is 57.8 Å². The zero-order valence-electron chi connectivity index (χ0n) is 13.3. The number of hydrogen-bond acceptors (Lipinski definition) is 4. The first-order valence-corrected chi connectivity index (χ1v) is 8.84. The lowest BCUT2D eigenvalue weighted by atomic mass is 10.00. The second-order valence-corrected chi connectivity index (χ2v) is 6.93. The molecule has 1 saturated heterocycles. The number of hydroxylamine groups is 2. The molecular weight excluding hydrogens is 342 g/mol. The molecule has 2 aromatic rings. The van der Waals surface area contributed by atoms with E-state index in [2.05, 4.69) is 5.32 Å². The highest BCUT2D eigenvalue weighted by atomic mass is 32.1. The number of benzene rings is 1. The Balaban J connectivity index is 1.55. The van der Waals surface area contributed by atoms with Crippen LogP contribution in [0.15, 0.2) is 41.8 Å². The van der Waals surface area contributed by atoms with Crippen LogP contribution in [-0.2, 0) is 11.4 Å². The van der Waals surface area contributed by atoms with Crippen LogP contribution in [-0.4, -0.2) is 40.3 Å². The summed E-state index contributed by atoms with van der Waals surface area (Å²) in [5.74, 6) is 0. The van der Waals surface area contributed by atoms with Gasteiger partial charge in [-0.05, 0) is 22.6 Å². The van der Waals surface area contributed by atoms with Gasteiger partial charge in [-0.25, -0.2) is 9.59 Å². The maximum atomic E-state index is 12.8. The number of rotatable bonds is 5. The SMILES string of the molecule is O=C(O)NCC1c2sccc2C2CN1C(=O)N2OCc1ccccc1. The molecule has 3 heterocycles. The summed E-state index contributed by atoms with van der Waals surface area (Å²) in [7, 11) is 0. The second-order valence-electron chi connectivity index (χ2n) is 5.98. The lowest BCUT2D eigenvalue weighted by Crippen LogP contribution is -2.40. The quantitative estimate of drug-likeness (QED) is 0.860. The molecule has 2 bridgehead atoms. The summed E-state index contributed by atoms with van der Waals surface area (Å²) in [6, 6.07) is 11.0. The smallest absolute Gasteiger partial charge is 0.404 e. The third-order valence-corrected chi connectivity index (χ3v) is 5.55. The number of nitrogens with one attached hydrogen (secondary N) is 1. The first-order chi connectivity index (χ1) is 12.1. The summed E-state index contributed by atoms with van der Waals surface area (Å²) in [6.07, 6.45) is -1.09. The predicted molar refractivity (Wildman–Crippen MR) is 91.0 cm³/mol. The Hall–Kier alpha value is -2.58. The molecule has 3 amide bonds. The molecule has 8 heteroatoms. The van der Waals surface area contributed by atoms with Crippen molar-refractivity contribution >= 4 is 23.5 Å². The van der Waals surface area contributed by atoms with Gasteiger partial charge in [0.05, 0.1) is 12.6 Å². The standard InChI is InChI=1S/C17H17N3O4S/c21-16(22)18-8-13-15-12(6-7-25-15)14-9-19(13)17(23)20(14)24-10-11-4-2-1-3-5-11/h1-7,13-14,18H,8-10H2,(H,21,22). The van der Waals surface area contributed by atoms with E-state index in [9.17, 15) is 9.59 Å². The van der Waals surface area contributed by atoms with Crippen molar-refractivity contribution in [2.45, 2.75) is 18.7 Å². The fourth-order valence-electron chi connectivity index (χ4n) is 3.35. The number of amides is 3. The summed E-state index contributed by atoms with van der Waals surface area (Å²) in [5.41, 5.74) is 2.03. The first-order valence-electron chi connectivity index (χ1n) is 7.96. The van der Waals surface area contributed by atoms with Crippen LogP contribution >= 0.6 is 11.3 Å². The van der Waals surface area contributed by atoms with Crippen LogP contribution < -0.4 is 5.32 Å². The van der Waals surface area contributed by atoms with Crippen molar-refractivity contribution in [3.8, 4) is 0 Å². The van der Waals surface area contributed by atoms with E-state index in [0.717, 1.165) is 16.0 Å². The number of hydrogen-bond donors (Lipinski definition) is 2. The minimum absolute atomic E-state index is 0.154. The molecule has 2 atom stereocenters. The van der Waals surface area contributed by atoms with E-state index in [4.69, 9.17) is 9.94 Å². The molecule has 2 aliphatic rings. The van der Waals surface area contributed by atoms with E-state index in [1.54, 1.807) is 16.2 Å². The summed E-state index contributed by atoms with van der Waals surface area (Å²) < 4.78 is 0. The van der Waals surface area contributed by atoms with Crippen molar-refractivity contribution < 1.29 is 19.5 Å². The summed E-state index contributed by atoms with van der Waals surface area (Å²) in [5, 5.41) is 14.7. The topological polar surface area (TPSA) is 82.1 Å². The molecule has 4 rings (SSSR count). The number of carboxylic acid groups (broad SMARTS) is 1. The van der Waals surface area contributed by atoms with Gasteiger partial charge in [0, 0.05) is 11.4 Å². The highest BCUT2D eigenvalue weighted by Crippen LogP contribution is 2.46. The Kier molecular flexibility index (Phi) is 4.06. The lowest BCUT2D eigenvalue weighted by molar-refractivity contribution is -0.141. The van der Waals surface area contributed by atoms with Gasteiger partial charge in [-0.15, -0.1) is 11.3 Å². The van der Waals surface area contributed by atoms with Crippen molar-refractivity contribution in [1.29, 1.82) is 0 Å². The molecular formula is C17H17N3O4S. The highest BCUT2D eigenvalue weighted by Gasteiger charge is 2.49. The molecule has 7 nitrogen and oxygen atoms in total. The summed E-state index contributed by atoms with van der Waals surface area (Å²) in [4.78, 5) is 32.2. The maximum absolute atomic E-state index is 12.8.